The fourth-order valence-electron chi connectivity index (χ4n) is 2.91. The van der Waals surface area contributed by atoms with Gasteiger partial charge in [-0.05, 0) is 37.0 Å². The highest BCUT2D eigenvalue weighted by Gasteiger charge is 2.17. The topological polar surface area (TPSA) is 45.6 Å². The van der Waals surface area contributed by atoms with Crippen molar-refractivity contribution in [3.05, 3.63) is 35.9 Å². The Hall–Kier alpha value is -1.65. The fraction of sp³-hybridized carbons (Fsp3) is 0.471. The molecule has 1 aromatic carbocycles. The first kappa shape index (κ1) is 14.3. The van der Waals surface area contributed by atoms with Crippen molar-refractivity contribution in [2.75, 3.05) is 25.1 Å². The SMILES string of the molecule is CN(CC1CCCCO1)c1cc(CO)c2ccccc2n1. The first-order chi connectivity index (χ1) is 10.3. The van der Waals surface area contributed by atoms with Gasteiger partial charge in [0.25, 0.3) is 0 Å². The normalized spacial score (nSPS) is 18.9. The predicted octanol–water partition coefficient (Wildman–Crippen LogP) is 2.73. The Labute approximate surface area is 125 Å². The van der Waals surface area contributed by atoms with Gasteiger partial charge in [-0.3, -0.25) is 0 Å². The minimum absolute atomic E-state index is 0.0315. The highest BCUT2D eigenvalue weighted by molar-refractivity contribution is 5.84. The molecule has 1 aliphatic heterocycles. The van der Waals surface area contributed by atoms with Crippen molar-refractivity contribution in [1.82, 2.24) is 4.98 Å². The molecule has 2 heterocycles. The van der Waals surface area contributed by atoms with Gasteiger partial charge in [0.05, 0.1) is 18.2 Å². The molecular weight excluding hydrogens is 264 g/mol. The molecule has 1 unspecified atom stereocenters. The van der Waals surface area contributed by atoms with Gasteiger partial charge in [-0.15, -0.1) is 0 Å². The molecule has 0 saturated carbocycles. The van der Waals surface area contributed by atoms with Crippen LogP contribution in [-0.4, -0.2) is 36.4 Å². The summed E-state index contributed by atoms with van der Waals surface area (Å²) in [5, 5.41) is 10.6. The van der Waals surface area contributed by atoms with Crippen molar-refractivity contribution in [2.24, 2.45) is 0 Å². The lowest BCUT2D eigenvalue weighted by atomic mass is 10.1. The van der Waals surface area contributed by atoms with Gasteiger partial charge in [0, 0.05) is 25.6 Å². The maximum absolute atomic E-state index is 9.59. The first-order valence-corrected chi connectivity index (χ1v) is 7.60. The summed E-state index contributed by atoms with van der Waals surface area (Å²) in [4.78, 5) is 6.84. The van der Waals surface area contributed by atoms with Crippen LogP contribution in [0.2, 0.25) is 0 Å². The van der Waals surface area contributed by atoms with Gasteiger partial charge < -0.3 is 14.7 Å². The van der Waals surface area contributed by atoms with Gasteiger partial charge in [0.2, 0.25) is 0 Å². The van der Waals surface area contributed by atoms with E-state index in [1.807, 2.05) is 37.4 Å². The Morgan fingerprint density at radius 2 is 2.19 bits per heavy atom. The number of likely N-dealkylation sites (N-methyl/N-ethyl adjacent to an activating group) is 1. The average Bonchev–Trinajstić information content (AvgIpc) is 2.54. The predicted molar refractivity (Wildman–Crippen MR) is 84.5 cm³/mol. The number of nitrogens with zero attached hydrogens (tertiary/aromatic N) is 2. The Bertz CT molecular complexity index is 609. The Kier molecular flexibility index (Phi) is 4.36. The molecule has 1 atom stereocenters. The molecule has 0 radical (unpaired) electrons. The van der Waals surface area contributed by atoms with Gasteiger partial charge in [-0.1, -0.05) is 18.2 Å². The van der Waals surface area contributed by atoms with Crippen molar-refractivity contribution in [1.29, 1.82) is 0 Å². The van der Waals surface area contributed by atoms with Crippen molar-refractivity contribution in [2.45, 2.75) is 32.0 Å². The molecule has 4 nitrogen and oxygen atoms in total. The Morgan fingerprint density at radius 1 is 1.33 bits per heavy atom. The third-order valence-electron chi connectivity index (χ3n) is 4.10. The van der Waals surface area contributed by atoms with Crippen LogP contribution >= 0.6 is 0 Å². The summed E-state index contributed by atoms with van der Waals surface area (Å²) in [5.41, 5.74) is 1.85. The van der Waals surface area contributed by atoms with Crippen LogP contribution in [0.4, 0.5) is 5.82 Å². The van der Waals surface area contributed by atoms with Crippen LogP contribution < -0.4 is 4.90 Å². The molecule has 0 aliphatic carbocycles. The maximum atomic E-state index is 9.59. The van der Waals surface area contributed by atoms with Gasteiger partial charge >= 0.3 is 0 Å². The van der Waals surface area contributed by atoms with E-state index >= 15 is 0 Å². The fourth-order valence-corrected chi connectivity index (χ4v) is 2.91. The molecule has 0 bridgehead atoms. The zero-order valence-corrected chi connectivity index (χ0v) is 12.5. The van der Waals surface area contributed by atoms with Crippen molar-refractivity contribution < 1.29 is 9.84 Å². The third kappa shape index (κ3) is 3.17. The number of ether oxygens (including phenoxy) is 1. The number of anilines is 1. The van der Waals surface area contributed by atoms with Crippen LogP contribution in [-0.2, 0) is 11.3 Å². The molecule has 1 fully saturated rings. The van der Waals surface area contributed by atoms with E-state index < -0.39 is 0 Å². The number of aliphatic hydroxyl groups is 1. The number of fused-ring (bicyclic) bond motifs is 1. The number of aromatic nitrogens is 1. The number of rotatable bonds is 4. The molecule has 4 heteroatoms. The molecular formula is C17H22N2O2. The largest absolute Gasteiger partial charge is 0.392 e. The van der Waals surface area contributed by atoms with Crippen molar-refractivity contribution in [3.8, 4) is 0 Å². The summed E-state index contributed by atoms with van der Waals surface area (Å²) >= 11 is 0. The smallest absolute Gasteiger partial charge is 0.129 e. The summed E-state index contributed by atoms with van der Waals surface area (Å²) in [6.07, 6.45) is 3.81. The van der Waals surface area contributed by atoms with Crippen LogP contribution in [0, 0.1) is 0 Å². The molecule has 0 spiro atoms. The lowest BCUT2D eigenvalue weighted by Crippen LogP contribution is -2.33. The second-order valence-electron chi connectivity index (χ2n) is 5.68. The second kappa shape index (κ2) is 6.41. The van der Waals surface area contributed by atoms with E-state index in [4.69, 9.17) is 9.72 Å². The number of pyridine rings is 1. The quantitative estimate of drug-likeness (QED) is 0.938. The number of para-hydroxylation sites is 1. The molecule has 3 rings (SSSR count). The molecule has 1 N–H and O–H groups in total. The zero-order chi connectivity index (χ0) is 14.7. The van der Waals surface area contributed by atoms with Crippen molar-refractivity contribution >= 4 is 16.7 Å². The Morgan fingerprint density at radius 3 is 2.95 bits per heavy atom. The highest BCUT2D eigenvalue weighted by atomic mass is 16.5. The van der Waals surface area contributed by atoms with E-state index in [0.29, 0.717) is 0 Å². The second-order valence-corrected chi connectivity index (χ2v) is 5.68. The molecule has 21 heavy (non-hydrogen) atoms. The summed E-state index contributed by atoms with van der Waals surface area (Å²) in [6.45, 7) is 1.74. The summed E-state index contributed by atoms with van der Waals surface area (Å²) < 4.78 is 5.80. The standard InChI is InChI=1S/C17H22N2O2/c1-19(11-14-6-4-5-9-21-14)17-10-13(12-20)15-7-2-3-8-16(15)18-17/h2-3,7-8,10,14,20H,4-6,9,11-12H2,1H3. The number of hydrogen-bond donors (Lipinski definition) is 1. The van der Waals surface area contributed by atoms with E-state index in [-0.39, 0.29) is 12.7 Å². The van der Waals surface area contributed by atoms with Crippen LogP contribution in [0.15, 0.2) is 30.3 Å². The first-order valence-electron chi connectivity index (χ1n) is 7.60. The van der Waals surface area contributed by atoms with Crippen molar-refractivity contribution in [3.63, 3.8) is 0 Å². The van der Waals surface area contributed by atoms with E-state index in [0.717, 1.165) is 41.9 Å². The van der Waals surface area contributed by atoms with Crippen LogP contribution in [0.5, 0.6) is 0 Å². The molecule has 1 saturated heterocycles. The average molecular weight is 286 g/mol. The lowest BCUT2D eigenvalue weighted by molar-refractivity contribution is 0.0215. The minimum atomic E-state index is 0.0315. The highest BCUT2D eigenvalue weighted by Crippen LogP contribution is 2.23. The van der Waals surface area contributed by atoms with Gasteiger partial charge in [0.1, 0.15) is 5.82 Å². The number of hydrogen-bond acceptors (Lipinski definition) is 4. The van der Waals surface area contributed by atoms with Crippen LogP contribution in [0.1, 0.15) is 24.8 Å². The molecule has 1 aromatic heterocycles. The van der Waals surface area contributed by atoms with E-state index in [1.165, 1.54) is 12.8 Å². The molecule has 1 aliphatic rings. The molecule has 112 valence electrons. The lowest BCUT2D eigenvalue weighted by Gasteiger charge is -2.28. The Balaban J connectivity index is 1.85. The summed E-state index contributed by atoms with van der Waals surface area (Å²) in [7, 11) is 2.04. The van der Waals surface area contributed by atoms with E-state index in [1.54, 1.807) is 0 Å². The number of aliphatic hydroxyl groups excluding tert-OH is 1. The number of benzene rings is 1. The van der Waals surface area contributed by atoms with Crippen LogP contribution in [0.3, 0.4) is 0 Å². The molecule has 2 aromatic rings. The van der Waals surface area contributed by atoms with Gasteiger partial charge in [-0.2, -0.15) is 0 Å². The van der Waals surface area contributed by atoms with E-state index in [9.17, 15) is 5.11 Å². The van der Waals surface area contributed by atoms with E-state index in [2.05, 4.69) is 4.90 Å². The summed E-state index contributed by atoms with van der Waals surface area (Å²) in [5.74, 6) is 0.895. The third-order valence-corrected chi connectivity index (χ3v) is 4.10. The minimum Gasteiger partial charge on any atom is -0.392 e. The summed E-state index contributed by atoms with van der Waals surface area (Å²) in [6, 6.07) is 9.92. The van der Waals surface area contributed by atoms with Crippen LogP contribution in [0.25, 0.3) is 10.9 Å². The molecule has 0 amide bonds. The maximum Gasteiger partial charge on any atom is 0.129 e. The van der Waals surface area contributed by atoms with Gasteiger partial charge in [-0.25, -0.2) is 4.98 Å². The zero-order valence-electron chi connectivity index (χ0n) is 12.5. The van der Waals surface area contributed by atoms with Gasteiger partial charge in [0.15, 0.2) is 0 Å². The monoisotopic (exact) mass is 286 g/mol.